The van der Waals surface area contributed by atoms with Crippen molar-refractivity contribution in [1.29, 1.82) is 0 Å². The van der Waals surface area contributed by atoms with Crippen LogP contribution in [-0.4, -0.2) is 28.8 Å². The SMILES string of the molecule is CC(C)(CCNC(=O)NCc1ccno1)C(=O)O. The van der Waals surface area contributed by atoms with Crippen LogP contribution in [0.4, 0.5) is 4.79 Å². The maximum absolute atomic E-state index is 11.4. The van der Waals surface area contributed by atoms with Crippen molar-refractivity contribution in [2.24, 2.45) is 5.41 Å². The van der Waals surface area contributed by atoms with Crippen LogP contribution in [0, 0.1) is 5.41 Å². The highest BCUT2D eigenvalue weighted by Crippen LogP contribution is 2.19. The van der Waals surface area contributed by atoms with Crippen LogP contribution >= 0.6 is 0 Å². The van der Waals surface area contributed by atoms with Crippen LogP contribution in [0.5, 0.6) is 0 Å². The predicted octanol–water partition coefficient (Wildman–Crippen LogP) is 0.975. The first-order valence-electron chi connectivity index (χ1n) is 5.56. The van der Waals surface area contributed by atoms with Crippen molar-refractivity contribution < 1.29 is 19.2 Å². The first-order valence-corrected chi connectivity index (χ1v) is 5.56. The van der Waals surface area contributed by atoms with Gasteiger partial charge in [-0.1, -0.05) is 5.16 Å². The molecule has 0 aliphatic rings. The van der Waals surface area contributed by atoms with Crippen LogP contribution in [0.3, 0.4) is 0 Å². The van der Waals surface area contributed by atoms with Crippen molar-refractivity contribution in [3.05, 3.63) is 18.0 Å². The third-order valence-corrected chi connectivity index (χ3v) is 2.53. The van der Waals surface area contributed by atoms with E-state index in [2.05, 4.69) is 15.8 Å². The van der Waals surface area contributed by atoms with E-state index in [9.17, 15) is 9.59 Å². The summed E-state index contributed by atoms with van der Waals surface area (Å²) in [6.07, 6.45) is 1.85. The summed E-state index contributed by atoms with van der Waals surface area (Å²) in [5.41, 5.74) is -0.849. The van der Waals surface area contributed by atoms with Crippen LogP contribution < -0.4 is 10.6 Å². The van der Waals surface area contributed by atoms with Crippen LogP contribution in [0.15, 0.2) is 16.8 Å². The number of carboxylic acids is 1. The van der Waals surface area contributed by atoms with E-state index in [1.807, 2.05) is 0 Å². The molecule has 2 amide bonds. The summed E-state index contributed by atoms with van der Waals surface area (Å²) in [4.78, 5) is 22.2. The monoisotopic (exact) mass is 255 g/mol. The molecular weight excluding hydrogens is 238 g/mol. The van der Waals surface area contributed by atoms with Gasteiger partial charge < -0.3 is 20.3 Å². The lowest BCUT2D eigenvalue weighted by Crippen LogP contribution is -2.38. The lowest BCUT2D eigenvalue weighted by Gasteiger charge is -2.18. The highest BCUT2D eigenvalue weighted by Gasteiger charge is 2.26. The van der Waals surface area contributed by atoms with E-state index in [-0.39, 0.29) is 12.6 Å². The van der Waals surface area contributed by atoms with Crippen LogP contribution in [0.1, 0.15) is 26.0 Å². The Kier molecular flexibility index (Phi) is 4.70. The van der Waals surface area contributed by atoms with Crippen molar-refractivity contribution in [3.8, 4) is 0 Å². The molecule has 0 spiro atoms. The number of urea groups is 1. The standard InChI is InChI=1S/C11H17N3O4/c1-11(2,9(15)16)4-6-12-10(17)13-7-8-3-5-14-18-8/h3,5H,4,6-7H2,1-2H3,(H,15,16)(H2,12,13,17). The number of hydrogen-bond acceptors (Lipinski definition) is 4. The second-order valence-electron chi connectivity index (χ2n) is 4.53. The zero-order valence-corrected chi connectivity index (χ0v) is 10.4. The topological polar surface area (TPSA) is 104 Å². The van der Waals surface area contributed by atoms with Gasteiger partial charge in [0.15, 0.2) is 5.76 Å². The number of nitrogens with one attached hydrogen (secondary N) is 2. The van der Waals surface area contributed by atoms with E-state index < -0.39 is 11.4 Å². The Morgan fingerprint density at radius 3 is 2.72 bits per heavy atom. The third kappa shape index (κ3) is 4.44. The Hall–Kier alpha value is -2.05. The van der Waals surface area contributed by atoms with Crippen molar-refractivity contribution in [2.75, 3.05) is 6.54 Å². The summed E-state index contributed by atoms with van der Waals surface area (Å²) >= 11 is 0. The Morgan fingerprint density at radius 1 is 1.44 bits per heavy atom. The fraction of sp³-hybridized carbons (Fsp3) is 0.545. The van der Waals surface area contributed by atoms with Gasteiger partial charge in [0, 0.05) is 12.6 Å². The number of nitrogens with zero attached hydrogens (tertiary/aromatic N) is 1. The molecule has 0 aliphatic carbocycles. The second-order valence-corrected chi connectivity index (χ2v) is 4.53. The van der Waals surface area contributed by atoms with E-state index in [4.69, 9.17) is 9.63 Å². The number of aromatic nitrogens is 1. The van der Waals surface area contributed by atoms with Gasteiger partial charge in [-0.05, 0) is 20.3 Å². The molecule has 0 unspecified atom stereocenters. The number of carboxylic acid groups (broad SMARTS) is 1. The molecule has 3 N–H and O–H groups in total. The molecule has 7 nitrogen and oxygen atoms in total. The summed E-state index contributed by atoms with van der Waals surface area (Å²) in [6.45, 7) is 3.77. The minimum absolute atomic E-state index is 0.244. The number of rotatable bonds is 6. The summed E-state index contributed by atoms with van der Waals surface area (Å²) in [7, 11) is 0. The number of hydrogen-bond donors (Lipinski definition) is 3. The molecule has 7 heteroatoms. The van der Waals surface area contributed by atoms with Crippen molar-refractivity contribution in [2.45, 2.75) is 26.8 Å². The molecule has 1 aromatic heterocycles. The Bertz CT molecular complexity index is 400. The average Bonchev–Trinajstić information content (AvgIpc) is 2.78. The van der Waals surface area contributed by atoms with Crippen LogP contribution in [-0.2, 0) is 11.3 Å². The zero-order chi connectivity index (χ0) is 13.6. The van der Waals surface area contributed by atoms with Crippen LogP contribution in [0.25, 0.3) is 0 Å². The Labute approximate surface area is 105 Å². The number of aliphatic carboxylic acids is 1. The smallest absolute Gasteiger partial charge is 0.315 e. The molecule has 0 saturated heterocycles. The fourth-order valence-electron chi connectivity index (χ4n) is 1.16. The third-order valence-electron chi connectivity index (χ3n) is 2.53. The fourth-order valence-corrected chi connectivity index (χ4v) is 1.16. The minimum atomic E-state index is -0.883. The Balaban J connectivity index is 2.20. The molecule has 1 aromatic rings. The van der Waals surface area contributed by atoms with E-state index >= 15 is 0 Å². The maximum atomic E-state index is 11.4. The number of amides is 2. The summed E-state index contributed by atoms with van der Waals surface area (Å²) in [5, 5.41) is 17.5. The van der Waals surface area contributed by atoms with Gasteiger partial charge in [-0.2, -0.15) is 0 Å². The predicted molar refractivity (Wildman–Crippen MR) is 62.8 cm³/mol. The lowest BCUT2D eigenvalue weighted by atomic mass is 9.90. The second kappa shape index (κ2) is 6.04. The molecular formula is C11H17N3O4. The molecule has 0 fully saturated rings. The van der Waals surface area contributed by atoms with Gasteiger partial charge in [0.1, 0.15) is 0 Å². The quantitative estimate of drug-likeness (QED) is 0.702. The van der Waals surface area contributed by atoms with Gasteiger partial charge in [-0.15, -0.1) is 0 Å². The van der Waals surface area contributed by atoms with E-state index in [1.54, 1.807) is 19.9 Å². The molecule has 0 radical (unpaired) electrons. The molecule has 0 atom stereocenters. The first-order chi connectivity index (χ1) is 8.42. The molecule has 0 aromatic carbocycles. The lowest BCUT2D eigenvalue weighted by molar-refractivity contribution is -0.147. The largest absolute Gasteiger partial charge is 0.481 e. The number of carbonyl (C=O) groups excluding carboxylic acids is 1. The average molecular weight is 255 g/mol. The van der Waals surface area contributed by atoms with Gasteiger partial charge in [-0.25, -0.2) is 4.79 Å². The van der Waals surface area contributed by atoms with Crippen LogP contribution in [0.2, 0.25) is 0 Å². The van der Waals surface area contributed by atoms with Crippen molar-refractivity contribution >= 4 is 12.0 Å². The first kappa shape index (κ1) is 14.0. The minimum Gasteiger partial charge on any atom is -0.481 e. The van der Waals surface area contributed by atoms with Gasteiger partial charge in [-0.3, -0.25) is 4.79 Å². The van der Waals surface area contributed by atoms with Gasteiger partial charge >= 0.3 is 12.0 Å². The molecule has 0 saturated carbocycles. The molecule has 0 aliphatic heterocycles. The molecule has 18 heavy (non-hydrogen) atoms. The van der Waals surface area contributed by atoms with Gasteiger partial charge in [0.05, 0.1) is 18.2 Å². The Morgan fingerprint density at radius 2 is 2.17 bits per heavy atom. The van der Waals surface area contributed by atoms with E-state index in [0.717, 1.165) is 0 Å². The summed E-state index contributed by atoms with van der Waals surface area (Å²) in [5.74, 6) is -0.331. The highest BCUT2D eigenvalue weighted by molar-refractivity contribution is 5.75. The maximum Gasteiger partial charge on any atom is 0.315 e. The number of carbonyl (C=O) groups is 2. The summed E-state index contributed by atoms with van der Waals surface area (Å²) in [6, 6.07) is 1.28. The van der Waals surface area contributed by atoms with E-state index in [1.165, 1.54) is 6.20 Å². The van der Waals surface area contributed by atoms with Crippen molar-refractivity contribution in [3.63, 3.8) is 0 Å². The molecule has 1 heterocycles. The normalized spacial score (nSPS) is 11.0. The summed E-state index contributed by atoms with van der Waals surface area (Å²) < 4.78 is 4.80. The molecule has 0 bridgehead atoms. The van der Waals surface area contributed by atoms with Gasteiger partial charge in [0.2, 0.25) is 0 Å². The van der Waals surface area contributed by atoms with E-state index in [0.29, 0.717) is 18.7 Å². The highest BCUT2D eigenvalue weighted by atomic mass is 16.5. The zero-order valence-electron chi connectivity index (χ0n) is 10.4. The van der Waals surface area contributed by atoms with Crippen molar-refractivity contribution in [1.82, 2.24) is 15.8 Å². The molecule has 1 rings (SSSR count). The van der Waals surface area contributed by atoms with Gasteiger partial charge in [0.25, 0.3) is 0 Å². The molecule has 100 valence electrons.